The van der Waals surface area contributed by atoms with Crippen molar-refractivity contribution < 1.29 is 18.8 Å². The molecular weight excluding hydrogens is 276 g/mol. The van der Waals surface area contributed by atoms with Gasteiger partial charge in [0.25, 0.3) is 5.91 Å². The summed E-state index contributed by atoms with van der Waals surface area (Å²) in [5.74, 6) is 0.304. The highest BCUT2D eigenvalue weighted by molar-refractivity contribution is 6.05. The lowest BCUT2D eigenvalue weighted by molar-refractivity contribution is 0.102. The molecule has 0 unspecified atom stereocenters. The summed E-state index contributed by atoms with van der Waals surface area (Å²) >= 11 is 0. The molecule has 2 rings (SSSR count). The Hall–Kier alpha value is -2.64. The van der Waals surface area contributed by atoms with E-state index in [1.807, 2.05) is 13.8 Å². The van der Waals surface area contributed by atoms with Crippen molar-refractivity contribution in [1.29, 1.82) is 0 Å². The smallest absolute Gasteiger partial charge is 0.319 e. The largest absolute Gasteiger partial charge is 0.476 e. The third-order valence-electron chi connectivity index (χ3n) is 2.53. The van der Waals surface area contributed by atoms with Gasteiger partial charge in [-0.25, -0.2) is 4.98 Å². The number of carbonyl (C=O) groups excluding carboxylic acids is 1. The molecule has 0 atom stereocenters. The van der Waals surface area contributed by atoms with Gasteiger partial charge in [0.1, 0.15) is 17.0 Å². The molecule has 2 aromatic rings. The van der Waals surface area contributed by atoms with E-state index in [2.05, 4.69) is 20.4 Å². The number of nitrogens with zero attached hydrogens (tertiary/aromatic N) is 3. The molecular formula is C13H16N4O4. The molecule has 0 bridgehead atoms. The number of amides is 1. The monoisotopic (exact) mass is 292 g/mol. The van der Waals surface area contributed by atoms with Crippen molar-refractivity contribution in [3.05, 3.63) is 23.7 Å². The van der Waals surface area contributed by atoms with Crippen molar-refractivity contribution in [2.24, 2.45) is 0 Å². The maximum absolute atomic E-state index is 12.1. The maximum atomic E-state index is 12.1. The van der Waals surface area contributed by atoms with E-state index in [0.717, 1.165) is 0 Å². The second-order valence-electron chi connectivity index (χ2n) is 3.99. The van der Waals surface area contributed by atoms with Crippen LogP contribution in [0.25, 0.3) is 0 Å². The van der Waals surface area contributed by atoms with Crippen LogP contribution in [0, 0.1) is 6.92 Å². The summed E-state index contributed by atoms with van der Waals surface area (Å²) < 4.78 is 15.5. The molecule has 8 nitrogen and oxygen atoms in total. The standard InChI is InChI=1S/C13H16N4O4/c1-4-19-12-10(7-14-13(17-12)20-5-2)16-11(18)9-6-15-21-8(9)3/h6-7H,4-5H2,1-3H3,(H,16,18). The number of anilines is 1. The van der Waals surface area contributed by atoms with E-state index >= 15 is 0 Å². The summed E-state index contributed by atoms with van der Waals surface area (Å²) in [6.07, 6.45) is 2.78. The SMILES string of the molecule is CCOc1ncc(NC(=O)c2cnoc2C)c(OCC)n1. The van der Waals surface area contributed by atoms with Crippen LogP contribution < -0.4 is 14.8 Å². The second kappa shape index (κ2) is 6.69. The molecule has 0 saturated heterocycles. The third-order valence-corrected chi connectivity index (χ3v) is 2.53. The summed E-state index contributed by atoms with van der Waals surface area (Å²) in [4.78, 5) is 20.2. The molecule has 0 saturated carbocycles. The molecule has 21 heavy (non-hydrogen) atoms. The van der Waals surface area contributed by atoms with Crippen molar-refractivity contribution in [2.75, 3.05) is 18.5 Å². The average molecular weight is 292 g/mol. The predicted molar refractivity (Wildman–Crippen MR) is 73.6 cm³/mol. The van der Waals surface area contributed by atoms with Gasteiger partial charge in [0, 0.05) is 0 Å². The Kier molecular flexibility index (Phi) is 4.70. The van der Waals surface area contributed by atoms with Crippen LogP contribution in [0.5, 0.6) is 11.9 Å². The first-order valence-corrected chi connectivity index (χ1v) is 6.51. The highest BCUT2D eigenvalue weighted by Crippen LogP contribution is 2.24. The number of hydrogen-bond donors (Lipinski definition) is 1. The van der Waals surface area contributed by atoms with Gasteiger partial charge in [0.2, 0.25) is 5.88 Å². The molecule has 2 heterocycles. The minimum absolute atomic E-state index is 0.195. The summed E-state index contributed by atoms with van der Waals surface area (Å²) in [7, 11) is 0. The van der Waals surface area contributed by atoms with Gasteiger partial charge in [-0.3, -0.25) is 4.79 Å². The molecule has 0 aliphatic carbocycles. The zero-order chi connectivity index (χ0) is 15.2. The molecule has 0 radical (unpaired) electrons. The van der Waals surface area contributed by atoms with E-state index in [1.54, 1.807) is 6.92 Å². The van der Waals surface area contributed by atoms with Crippen LogP contribution in [0.1, 0.15) is 30.0 Å². The van der Waals surface area contributed by atoms with E-state index in [1.165, 1.54) is 12.4 Å². The summed E-state index contributed by atoms with van der Waals surface area (Å²) in [5, 5.41) is 6.23. The molecule has 112 valence electrons. The van der Waals surface area contributed by atoms with E-state index in [9.17, 15) is 4.79 Å². The van der Waals surface area contributed by atoms with E-state index in [0.29, 0.717) is 30.2 Å². The normalized spacial score (nSPS) is 10.2. The summed E-state index contributed by atoms with van der Waals surface area (Å²) in [6, 6.07) is 0.195. The van der Waals surface area contributed by atoms with Crippen LogP contribution in [0.3, 0.4) is 0 Å². The lowest BCUT2D eigenvalue weighted by Crippen LogP contribution is -2.14. The van der Waals surface area contributed by atoms with Gasteiger partial charge in [-0.1, -0.05) is 5.16 Å². The van der Waals surface area contributed by atoms with Gasteiger partial charge in [0.15, 0.2) is 0 Å². The second-order valence-corrected chi connectivity index (χ2v) is 3.99. The quantitative estimate of drug-likeness (QED) is 0.866. The molecule has 1 N–H and O–H groups in total. The van der Waals surface area contributed by atoms with Crippen LogP contribution in [-0.4, -0.2) is 34.2 Å². The minimum Gasteiger partial charge on any atom is -0.476 e. The van der Waals surface area contributed by atoms with Crippen LogP contribution in [0.15, 0.2) is 16.9 Å². The van der Waals surface area contributed by atoms with Gasteiger partial charge >= 0.3 is 6.01 Å². The van der Waals surface area contributed by atoms with E-state index in [4.69, 9.17) is 14.0 Å². The van der Waals surface area contributed by atoms with Crippen molar-refractivity contribution in [1.82, 2.24) is 15.1 Å². The number of carbonyl (C=O) groups is 1. The van der Waals surface area contributed by atoms with E-state index < -0.39 is 0 Å². The topological polar surface area (TPSA) is 99.4 Å². The fraction of sp³-hybridized carbons (Fsp3) is 0.385. The van der Waals surface area contributed by atoms with Crippen LogP contribution in [0.4, 0.5) is 5.69 Å². The summed E-state index contributed by atoms with van der Waals surface area (Å²) in [6.45, 7) is 6.14. The Morgan fingerprint density at radius 2 is 2.05 bits per heavy atom. The molecule has 8 heteroatoms. The van der Waals surface area contributed by atoms with Gasteiger partial charge in [-0.15, -0.1) is 0 Å². The Labute approximate surface area is 121 Å². The van der Waals surface area contributed by atoms with Crippen molar-refractivity contribution in [3.8, 4) is 11.9 Å². The zero-order valence-corrected chi connectivity index (χ0v) is 12.0. The van der Waals surface area contributed by atoms with Gasteiger partial charge in [0.05, 0.1) is 25.6 Å². The number of nitrogens with one attached hydrogen (secondary N) is 1. The Balaban J connectivity index is 2.22. The molecule has 1 amide bonds. The molecule has 0 aromatic carbocycles. The number of aryl methyl sites for hydroxylation is 1. The number of ether oxygens (including phenoxy) is 2. The molecule has 0 spiro atoms. The van der Waals surface area contributed by atoms with Crippen molar-refractivity contribution in [3.63, 3.8) is 0 Å². The Morgan fingerprint density at radius 3 is 2.67 bits per heavy atom. The van der Waals surface area contributed by atoms with Crippen molar-refractivity contribution >= 4 is 11.6 Å². The number of aromatic nitrogens is 3. The first kappa shape index (κ1) is 14.8. The first-order valence-electron chi connectivity index (χ1n) is 6.51. The fourth-order valence-electron chi connectivity index (χ4n) is 1.59. The Morgan fingerprint density at radius 1 is 1.29 bits per heavy atom. The Bertz CT molecular complexity index is 626. The number of rotatable bonds is 6. The lowest BCUT2D eigenvalue weighted by atomic mass is 10.2. The summed E-state index contributed by atoms with van der Waals surface area (Å²) in [5.41, 5.74) is 0.692. The molecule has 0 fully saturated rings. The van der Waals surface area contributed by atoms with Crippen LogP contribution >= 0.6 is 0 Å². The zero-order valence-electron chi connectivity index (χ0n) is 12.0. The maximum Gasteiger partial charge on any atom is 0.319 e. The van der Waals surface area contributed by atoms with E-state index in [-0.39, 0.29) is 17.8 Å². The van der Waals surface area contributed by atoms with Gasteiger partial charge < -0.3 is 19.3 Å². The molecule has 0 aliphatic rings. The average Bonchev–Trinajstić information content (AvgIpc) is 2.88. The molecule has 0 aliphatic heterocycles. The highest BCUT2D eigenvalue weighted by atomic mass is 16.5. The van der Waals surface area contributed by atoms with Gasteiger partial charge in [-0.05, 0) is 20.8 Å². The predicted octanol–water partition coefficient (Wildman–Crippen LogP) is 1.82. The third kappa shape index (κ3) is 3.47. The number of hydrogen-bond acceptors (Lipinski definition) is 7. The highest BCUT2D eigenvalue weighted by Gasteiger charge is 2.17. The van der Waals surface area contributed by atoms with Crippen LogP contribution in [0.2, 0.25) is 0 Å². The molecule has 2 aromatic heterocycles. The van der Waals surface area contributed by atoms with Gasteiger partial charge in [-0.2, -0.15) is 4.98 Å². The van der Waals surface area contributed by atoms with Crippen molar-refractivity contribution in [2.45, 2.75) is 20.8 Å². The van der Waals surface area contributed by atoms with Crippen LogP contribution in [-0.2, 0) is 0 Å². The minimum atomic E-state index is -0.373. The lowest BCUT2D eigenvalue weighted by Gasteiger charge is -2.10. The fourth-order valence-corrected chi connectivity index (χ4v) is 1.59. The first-order chi connectivity index (χ1) is 10.2.